The minimum absolute atomic E-state index is 0.0264. The van der Waals surface area contributed by atoms with E-state index in [1.165, 1.54) is 19.3 Å². The van der Waals surface area contributed by atoms with E-state index in [1.54, 1.807) is 0 Å². The molecule has 0 bridgehead atoms. The molecule has 1 atom stereocenters. The van der Waals surface area contributed by atoms with Crippen molar-refractivity contribution >= 4 is 15.9 Å². The average molecular weight is 261 g/mol. The van der Waals surface area contributed by atoms with E-state index in [1.807, 2.05) is 6.92 Å². The molecular formula is C11H23N3O2S. The highest BCUT2D eigenvalue weighted by atomic mass is 32.2. The van der Waals surface area contributed by atoms with Crippen molar-refractivity contribution in [3.63, 3.8) is 0 Å². The van der Waals surface area contributed by atoms with E-state index >= 15 is 0 Å². The topological polar surface area (TPSA) is 96.0 Å². The van der Waals surface area contributed by atoms with Gasteiger partial charge in [0.15, 0.2) is 0 Å². The number of hydrogen-bond donors (Lipinski definition) is 3. The first-order valence-electron chi connectivity index (χ1n) is 6.26. The molecule has 1 saturated carbocycles. The monoisotopic (exact) mass is 261 g/mol. The van der Waals surface area contributed by atoms with Gasteiger partial charge in [-0.25, -0.2) is 13.1 Å². The normalized spacial score (nSPS) is 18.6. The highest BCUT2D eigenvalue weighted by Gasteiger charge is 2.22. The highest BCUT2D eigenvalue weighted by molar-refractivity contribution is 7.89. The zero-order chi connectivity index (χ0) is 12.9. The number of rotatable bonds is 8. The van der Waals surface area contributed by atoms with Crippen LogP contribution in [-0.4, -0.2) is 26.0 Å². The van der Waals surface area contributed by atoms with E-state index in [4.69, 9.17) is 11.1 Å². The Bertz CT molecular complexity index is 350. The molecule has 0 aliphatic heterocycles. The second kappa shape index (κ2) is 6.35. The predicted octanol–water partition coefficient (Wildman–Crippen LogP) is 1.20. The Labute approximate surface area is 104 Å². The van der Waals surface area contributed by atoms with E-state index in [-0.39, 0.29) is 17.6 Å². The zero-order valence-corrected chi connectivity index (χ0v) is 11.2. The van der Waals surface area contributed by atoms with Crippen LogP contribution in [0.1, 0.15) is 45.4 Å². The van der Waals surface area contributed by atoms with Crippen LogP contribution in [0.4, 0.5) is 0 Å². The molecule has 1 rings (SSSR count). The van der Waals surface area contributed by atoms with Crippen molar-refractivity contribution in [1.29, 1.82) is 5.41 Å². The van der Waals surface area contributed by atoms with E-state index in [9.17, 15) is 8.42 Å². The van der Waals surface area contributed by atoms with Gasteiger partial charge in [0, 0.05) is 12.5 Å². The van der Waals surface area contributed by atoms with Crippen LogP contribution in [0.15, 0.2) is 0 Å². The SMILES string of the molecule is CCC(CC(=N)N)NS(=O)(=O)CCC1CCC1. The zero-order valence-electron chi connectivity index (χ0n) is 10.4. The molecule has 1 unspecified atom stereocenters. The number of nitrogens with two attached hydrogens (primary N) is 1. The number of sulfonamides is 1. The number of nitrogens with one attached hydrogen (secondary N) is 2. The third-order valence-electron chi connectivity index (χ3n) is 3.32. The van der Waals surface area contributed by atoms with Gasteiger partial charge in [0.05, 0.1) is 11.6 Å². The van der Waals surface area contributed by atoms with Crippen LogP contribution in [0, 0.1) is 11.3 Å². The summed E-state index contributed by atoms with van der Waals surface area (Å²) >= 11 is 0. The molecule has 4 N–H and O–H groups in total. The molecule has 0 spiro atoms. The second-order valence-corrected chi connectivity index (χ2v) is 6.73. The van der Waals surface area contributed by atoms with E-state index in [0.29, 0.717) is 18.8 Å². The van der Waals surface area contributed by atoms with E-state index in [0.717, 1.165) is 6.42 Å². The van der Waals surface area contributed by atoms with Crippen LogP contribution in [0.3, 0.4) is 0 Å². The summed E-state index contributed by atoms with van der Waals surface area (Å²) in [4.78, 5) is 0. The van der Waals surface area contributed by atoms with Gasteiger partial charge in [-0.05, 0) is 18.8 Å². The first kappa shape index (κ1) is 14.4. The fraction of sp³-hybridized carbons (Fsp3) is 0.909. The molecular weight excluding hydrogens is 238 g/mol. The molecule has 0 heterocycles. The molecule has 5 nitrogen and oxygen atoms in total. The van der Waals surface area contributed by atoms with Gasteiger partial charge < -0.3 is 5.73 Å². The summed E-state index contributed by atoms with van der Waals surface area (Å²) in [6.45, 7) is 1.89. The van der Waals surface area contributed by atoms with Crippen molar-refractivity contribution in [2.75, 3.05) is 5.75 Å². The van der Waals surface area contributed by atoms with Crippen molar-refractivity contribution in [3.8, 4) is 0 Å². The molecule has 100 valence electrons. The summed E-state index contributed by atoms with van der Waals surface area (Å²) in [5, 5.41) is 7.19. The smallest absolute Gasteiger partial charge is 0.211 e. The summed E-state index contributed by atoms with van der Waals surface area (Å²) in [5.41, 5.74) is 5.29. The van der Waals surface area contributed by atoms with Crippen LogP contribution >= 0.6 is 0 Å². The summed E-state index contributed by atoms with van der Waals surface area (Å²) in [6.07, 6.45) is 5.27. The van der Waals surface area contributed by atoms with Gasteiger partial charge in [-0.2, -0.15) is 0 Å². The summed E-state index contributed by atoms with van der Waals surface area (Å²) in [7, 11) is -3.21. The molecule has 0 amide bonds. The molecule has 0 aromatic heterocycles. The molecule has 6 heteroatoms. The lowest BCUT2D eigenvalue weighted by Crippen LogP contribution is -2.39. The molecule has 0 aromatic carbocycles. The van der Waals surface area contributed by atoms with Crippen molar-refractivity contribution < 1.29 is 8.42 Å². The minimum atomic E-state index is -3.21. The lowest BCUT2D eigenvalue weighted by molar-refractivity contribution is 0.307. The predicted molar refractivity (Wildman–Crippen MR) is 69.5 cm³/mol. The van der Waals surface area contributed by atoms with Crippen molar-refractivity contribution in [3.05, 3.63) is 0 Å². The first-order valence-corrected chi connectivity index (χ1v) is 7.91. The summed E-state index contributed by atoms with van der Waals surface area (Å²) < 4.78 is 26.2. The lowest BCUT2D eigenvalue weighted by Gasteiger charge is -2.25. The van der Waals surface area contributed by atoms with Crippen LogP contribution in [0.25, 0.3) is 0 Å². The lowest BCUT2D eigenvalue weighted by atomic mass is 9.84. The fourth-order valence-electron chi connectivity index (χ4n) is 1.95. The second-order valence-electron chi connectivity index (χ2n) is 4.86. The average Bonchev–Trinajstić information content (AvgIpc) is 2.12. The van der Waals surface area contributed by atoms with Crippen LogP contribution in [0.5, 0.6) is 0 Å². The van der Waals surface area contributed by atoms with Crippen LogP contribution in [-0.2, 0) is 10.0 Å². The Morgan fingerprint density at radius 2 is 2.18 bits per heavy atom. The van der Waals surface area contributed by atoms with Crippen molar-refractivity contribution in [2.24, 2.45) is 11.7 Å². The van der Waals surface area contributed by atoms with Gasteiger partial charge in [-0.3, -0.25) is 5.41 Å². The molecule has 1 fully saturated rings. The molecule has 0 saturated heterocycles. The van der Waals surface area contributed by atoms with E-state index in [2.05, 4.69) is 4.72 Å². The molecule has 1 aliphatic rings. The third kappa shape index (κ3) is 5.50. The van der Waals surface area contributed by atoms with Gasteiger partial charge in [-0.1, -0.05) is 26.2 Å². The van der Waals surface area contributed by atoms with Crippen molar-refractivity contribution in [1.82, 2.24) is 4.72 Å². The maximum atomic E-state index is 11.8. The minimum Gasteiger partial charge on any atom is -0.388 e. The molecule has 0 radical (unpaired) electrons. The Balaban J connectivity index is 2.36. The largest absolute Gasteiger partial charge is 0.388 e. The first-order chi connectivity index (χ1) is 7.93. The Kier molecular flexibility index (Phi) is 5.39. The van der Waals surface area contributed by atoms with Gasteiger partial charge in [0.2, 0.25) is 10.0 Å². The fourth-order valence-corrected chi connectivity index (χ4v) is 3.47. The molecule has 17 heavy (non-hydrogen) atoms. The highest BCUT2D eigenvalue weighted by Crippen LogP contribution is 2.29. The van der Waals surface area contributed by atoms with Crippen molar-refractivity contribution in [2.45, 2.75) is 51.5 Å². The number of hydrogen-bond acceptors (Lipinski definition) is 3. The quantitative estimate of drug-likeness (QED) is 0.452. The van der Waals surface area contributed by atoms with E-state index < -0.39 is 10.0 Å². The molecule has 1 aliphatic carbocycles. The maximum absolute atomic E-state index is 11.8. The van der Waals surface area contributed by atoms with Gasteiger partial charge >= 0.3 is 0 Å². The van der Waals surface area contributed by atoms with Crippen LogP contribution < -0.4 is 10.5 Å². The Hall–Kier alpha value is -0.620. The Morgan fingerprint density at radius 3 is 2.59 bits per heavy atom. The Morgan fingerprint density at radius 1 is 1.53 bits per heavy atom. The summed E-state index contributed by atoms with van der Waals surface area (Å²) in [6, 6.07) is -0.237. The molecule has 0 aromatic rings. The maximum Gasteiger partial charge on any atom is 0.211 e. The van der Waals surface area contributed by atoms with Crippen LogP contribution in [0.2, 0.25) is 0 Å². The van der Waals surface area contributed by atoms with Gasteiger partial charge in [0.1, 0.15) is 0 Å². The standard InChI is InChI=1S/C11H23N3O2S/c1-2-10(8-11(12)13)14-17(15,16)7-6-9-4-3-5-9/h9-10,14H,2-8H2,1H3,(H3,12,13). The van der Waals surface area contributed by atoms with Gasteiger partial charge in [0.25, 0.3) is 0 Å². The third-order valence-corrected chi connectivity index (χ3v) is 4.79. The van der Waals surface area contributed by atoms with Gasteiger partial charge in [-0.15, -0.1) is 0 Å². The number of amidine groups is 1. The summed E-state index contributed by atoms with van der Waals surface area (Å²) in [5.74, 6) is 0.824.